The minimum absolute atomic E-state index is 0.141. The number of aliphatic hydroxyl groups excluding tert-OH is 1. The molecule has 0 aliphatic heterocycles. The fourth-order valence-electron chi connectivity index (χ4n) is 3.29. The molecule has 0 saturated heterocycles. The largest absolute Gasteiger partial charge is 0.392 e. The first kappa shape index (κ1) is 17.0. The van der Waals surface area contributed by atoms with E-state index < -0.39 is 10.0 Å². The number of benzene rings is 1. The maximum absolute atomic E-state index is 13.3. The number of rotatable bonds is 5. The molecule has 6 heteroatoms. The third-order valence-electron chi connectivity index (χ3n) is 4.74. The summed E-state index contributed by atoms with van der Waals surface area (Å²) in [5, 5.41) is 9.83. The van der Waals surface area contributed by atoms with Crippen LogP contribution < -0.4 is 0 Å². The molecule has 4 rings (SSSR count). The number of hydrogen-bond donors (Lipinski definition) is 1. The van der Waals surface area contributed by atoms with Crippen molar-refractivity contribution in [1.29, 1.82) is 0 Å². The fraction of sp³-hybridized carbons (Fsp3) is 0.250. The zero-order valence-electron chi connectivity index (χ0n) is 14.5. The van der Waals surface area contributed by atoms with Gasteiger partial charge in [0.05, 0.1) is 12.3 Å². The Balaban J connectivity index is 1.98. The van der Waals surface area contributed by atoms with Gasteiger partial charge in [0, 0.05) is 23.7 Å². The molecule has 0 bridgehead atoms. The number of aliphatic hydroxyl groups is 1. The molecule has 0 atom stereocenters. The van der Waals surface area contributed by atoms with Crippen LogP contribution in [0.2, 0.25) is 0 Å². The van der Waals surface area contributed by atoms with Crippen molar-refractivity contribution < 1.29 is 13.5 Å². The molecule has 0 amide bonds. The predicted octanol–water partition coefficient (Wildman–Crippen LogP) is 3.47. The molecule has 0 radical (unpaired) electrons. The van der Waals surface area contributed by atoms with Gasteiger partial charge < -0.3 is 5.11 Å². The summed E-state index contributed by atoms with van der Waals surface area (Å²) in [4.78, 5) is 4.27. The van der Waals surface area contributed by atoms with Crippen molar-refractivity contribution in [3.63, 3.8) is 0 Å². The van der Waals surface area contributed by atoms with E-state index >= 15 is 0 Å². The van der Waals surface area contributed by atoms with Crippen molar-refractivity contribution in [3.8, 4) is 11.3 Å². The van der Waals surface area contributed by atoms with Crippen LogP contribution in [0.3, 0.4) is 0 Å². The van der Waals surface area contributed by atoms with E-state index in [-0.39, 0.29) is 11.5 Å². The summed E-state index contributed by atoms with van der Waals surface area (Å²) in [6.07, 6.45) is 4.98. The number of nitrogens with zero attached hydrogens (tertiary/aromatic N) is 2. The highest BCUT2D eigenvalue weighted by Crippen LogP contribution is 2.47. The van der Waals surface area contributed by atoms with Crippen molar-refractivity contribution in [1.82, 2.24) is 8.96 Å². The highest BCUT2D eigenvalue weighted by Gasteiger charge is 2.34. The molecule has 1 aliphatic carbocycles. The maximum Gasteiger partial charge on any atom is 0.269 e. The number of pyridine rings is 1. The molecule has 26 heavy (non-hydrogen) atoms. The average molecular weight is 368 g/mol. The van der Waals surface area contributed by atoms with Gasteiger partial charge in [0.1, 0.15) is 4.90 Å². The first-order valence-corrected chi connectivity index (χ1v) is 10.0. The maximum atomic E-state index is 13.3. The Bertz CT molecular complexity index is 1030. The van der Waals surface area contributed by atoms with Crippen LogP contribution in [-0.4, -0.2) is 22.5 Å². The summed E-state index contributed by atoms with van der Waals surface area (Å²) in [6, 6.07) is 12.8. The number of aromatic nitrogens is 2. The first-order valence-electron chi connectivity index (χ1n) is 8.61. The first-order chi connectivity index (χ1) is 12.5. The van der Waals surface area contributed by atoms with Gasteiger partial charge in [0.15, 0.2) is 0 Å². The van der Waals surface area contributed by atoms with E-state index in [1.54, 1.807) is 18.3 Å². The molecule has 1 fully saturated rings. The smallest absolute Gasteiger partial charge is 0.269 e. The van der Waals surface area contributed by atoms with Gasteiger partial charge in [-0.3, -0.25) is 4.98 Å². The number of hydrogen-bond acceptors (Lipinski definition) is 4. The van der Waals surface area contributed by atoms with Gasteiger partial charge in [0.25, 0.3) is 10.0 Å². The van der Waals surface area contributed by atoms with Crippen LogP contribution in [0, 0.1) is 6.92 Å². The minimum atomic E-state index is -3.81. The van der Waals surface area contributed by atoms with E-state index in [2.05, 4.69) is 4.98 Å². The molecular weight excluding hydrogens is 348 g/mol. The van der Waals surface area contributed by atoms with Crippen LogP contribution >= 0.6 is 0 Å². The Morgan fingerprint density at radius 1 is 1.15 bits per heavy atom. The third kappa shape index (κ3) is 2.85. The Labute approximate surface area is 153 Å². The lowest BCUT2D eigenvalue weighted by atomic mass is 10.0. The lowest BCUT2D eigenvalue weighted by molar-refractivity contribution is 0.281. The van der Waals surface area contributed by atoms with Crippen LogP contribution in [0.1, 0.15) is 35.6 Å². The molecule has 1 aromatic carbocycles. The van der Waals surface area contributed by atoms with Gasteiger partial charge in [-0.2, -0.15) is 0 Å². The van der Waals surface area contributed by atoms with Gasteiger partial charge in [-0.05, 0) is 48.9 Å². The molecule has 1 N–H and O–H groups in total. The summed E-state index contributed by atoms with van der Waals surface area (Å²) in [5.41, 5.74) is 3.86. The van der Waals surface area contributed by atoms with E-state index in [4.69, 9.17) is 0 Å². The topological polar surface area (TPSA) is 72.2 Å². The highest BCUT2D eigenvalue weighted by molar-refractivity contribution is 7.90. The van der Waals surface area contributed by atoms with Crippen molar-refractivity contribution in [2.24, 2.45) is 0 Å². The standard InChI is InChI=1S/C20H20N2O3S/c1-14-7-10-18(11-21-14)26(24,25)22-12-17(13-23)19(15-8-9-15)20(22)16-5-3-2-4-6-16/h2-7,10-12,15,23H,8-9,13H2,1H3. The molecule has 0 spiro atoms. The lowest BCUT2D eigenvalue weighted by Gasteiger charge is -2.13. The number of aryl methyl sites for hydroxylation is 1. The van der Waals surface area contributed by atoms with Crippen molar-refractivity contribution >= 4 is 10.0 Å². The summed E-state index contributed by atoms with van der Waals surface area (Å²) in [5.74, 6) is 0.306. The molecular formula is C20H20N2O3S. The molecule has 2 heterocycles. The Morgan fingerprint density at radius 3 is 2.46 bits per heavy atom. The lowest BCUT2D eigenvalue weighted by Crippen LogP contribution is -2.14. The van der Waals surface area contributed by atoms with E-state index in [1.165, 1.54) is 10.2 Å². The Hall–Kier alpha value is -2.44. The van der Waals surface area contributed by atoms with Gasteiger partial charge in [-0.15, -0.1) is 0 Å². The van der Waals surface area contributed by atoms with Crippen LogP contribution in [0.25, 0.3) is 11.3 Å². The highest BCUT2D eigenvalue weighted by atomic mass is 32.2. The van der Waals surface area contributed by atoms with Crippen LogP contribution in [-0.2, 0) is 16.6 Å². The predicted molar refractivity (Wildman–Crippen MR) is 99.3 cm³/mol. The fourth-order valence-corrected chi connectivity index (χ4v) is 4.65. The van der Waals surface area contributed by atoms with Crippen LogP contribution in [0.4, 0.5) is 0 Å². The second kappa shape index (κ2) is 6.37. The van der Waals surface area contributed by atoms with E-state index in [9.17, 15) is 13.5 Å². The molecule has 3 aromatic rings. The molecule has 5 nitrogen and oxygen atoms in total. The second-order valence-corrected chi connectivity index (χ2v) is 8.47. The summed E-state index contributed by atoms with van der Waals surface area (Å²) in [7, 11) is -3.81. The van der Waals surface area contributed by atoms with E-state index in [0.717, 1.165) is 29.7 Å². The SMILES string of the molecule is Cc1ccc(S(=O)(=O)n2cc(CO)c(C3CC3)c2-c2ccccc2)cn1. The van der Waals surface area contributed by atoms with E-state index in [0.29, 0.717) is 17.2 Å². The summed E-state index contributed by atoms with van der Waals surface area (Å²) in [6.45, 7) is 1.64. The quantitative estimate of drug-likeness (QED) is 0.748. The Morgan fingerprint density at radius 2 is 1.88 bits per heavy atom. The zero-order chi connectivity index (χ0) is 18.3. The molecule has 0 unspecified atom stereocenters. The minimum Gasteiger partial charge on any atom is -0.392 e. The molecule has 1 aliphatic rings. The van der Waals surface area contributed by atoms with Crippen LogP contribution in [0.5, 0.6) is 0 Å². The zero-order valence-corrected chi connectivity index (χ0v) is 15.3. The van der Waals surface area contributed by atoms with Crippen molar-refractivity contribution in [3.05, 3.63) is 71.7 Å². The molecule has 1 saturated carbocycles. The van der Waals surface area contributed by atoms with Crippen molar-refractivity contribution in [2.45, 2.75) is 37.2 Å². The van der Waals surface area contributed by atoms with E-state index in [1.807, 2.05) is 37.3 Å². The van der Waals surface area contributed by atoms with Crippen LogP contribution in [0.15, 0.2) is 59.8 Å². The summed E-state index contributed by atoms with van der Waals surface area (Å²) < 4.78 is 27.9. The monoisotopic (exact) mass is 368 g/mol. The van der Waals surface area contributed by atoms with Gasteiger partial charge >= 0.3 is 0 Å². The van der Waals surface area contributed by atoms with Gasteiger partial charge in [-0.25, -0.2) is 12.4 Å². The van der Waals surface area contributed by atoms with Gasteiger partial charge in [-0.1, -0.05) is 30.3 Å². The third-order valence-corrected chi connectivity index (χ3v) is 6.38. The summed E-state index contributed by atoms with van der Waals surface area (Å²) >= 11 is 0. The molecule has 134 valence electrons. The normalized spacial score (nSPS) is 14.5. The average Bonchev–Trinajstić information content (AvgIpc) is 3.41. The molecule has 2 aromatic heterocycles. The van der Waals surface area contributed by atoms with Gasteiger partial charge in [0.2, 0.25) is 0 Å². The Kier molecular flexibility index (Phi) is 4.17. The van der Waals surface area contributed by atoms with Crippen molar-refractivity contribution in [2.75, 3.05) is 0 Å². The second-order valence-electron chi connectivity index (χ2n) is 6.65.